The number of carbonyl (C=O) groups is 1. The van der Waals surface area contributed by atoms with Gasteiger partial charge in [-0.25, -0.2) is 26.6 Å². The molecular formula is C22H27F2N7O4S2. The van der Waals surface area contributed by atoms with Gasteiger partial charge in [-0.2, -0.15) is 0 Å². The van der Waals surface area contributed by atoms with Crippen molar-refractivity contribution in [2.24, 2.45) is 5.92 Å². The summed E-state index contributed by atoms with van der Waals surface area (Å²) in [7, 11) is -3.96. The molecule has 5 rings (SSSR count). The predicted octanol–water partition coefficient (Wildman–Crippen LogP) is 2.24. The van der Waals surface area contributed by atoms with E-state index in [9.17, 15) is 26.8 Å². The number of nitrogens with zero attached hydrogens (tertiary/aromatic N) is 5. The maximum absolute atomic E-state index is 13.3. The van der Waals surface area contributed by atoms with E-state index in [0.717, 1.165) is 0 Å². The fraction of sp³-hybridized carbons (Fsp3) is 0.545. The molecule has 1 aromatic carbocycles. The Morgan fingerprint density at radius 1 is 1.16 bits per heavy atom. The Hall–Kier alpha value is -2.91. The topological polar surface area (TPSA) is 133 Å². The normalized spacial score (nSPS) is 17.8. The Morgan fingerprint density at radius 2 is 1.84 bits per heavy atom. The summed E-state index contributed by atoms with van der Waals surface area (Å²) in [4.78, 5) is 29.1. The first-order chi connectivity index (χ1) is 17.4. The lowest BCUT2D eigenvalue weighted by Gasteiger charge is -2.37. The summed E-state index contributed by atoms with van der Waals surface area (Å²) < 4.78 is 56.9. The molecule has 2 aliphatic rings. The van der Waals surface area contributed by atoms with E-state index < -0.39 is 32.6 Å². The van der Waals surface area contributed by atoms with E-state index in [1.165, 1.54) is 16.8 Å². The van der Waals surface area contributed by atoms with Gasteiger partial charge in [0.05, 0.1) is 21.5 Å². The Balaban J connectivity index is 1.62. The molecule has 3 aromatic rings. The number of hydrogen-bond acceptors (Lipinski definition) is 8. The molecule has 11 nitrogen and oxygen atoms in total. The molecule has 0 bridgehead atoms. The molecule has 0 unspecified atom stereocenters. The number of piperazine rings is 1. The van der Waals surface area contributed by atoms with Gasteiger partial charge in [0.15, 0.2) is 5.01 Å². The van der Waals surface area contributed by atoms with Gasteiger partial charge in [-0.1, -0.05) is 25.2 Å². The minimum absolute atomic E-state index is 0.0163. The number of alkyl halides is 2. The molecular weight excluding hydrogens is 528 g/mol. The highest BCUT2D eigenvalue weighted by atomic mass is 32.2. The van der Waals surface area contributed by atoms with Crippen molar-refractivity contribution >= 4 is 43.9 Å². The standard InChI is InChI=1S/C22H27F2N7O4S2/c1-12(2)20(33)30-8-6-29(7-9-30)14-10-13(37(34,35)28-22(3)4-5-22)11-15-16(14)18(32)27-31(15)21-26-25-19(36-21)17(23)24/h10-12,17,28H,4-9H2,1-3H3,(H,27,32). The second-order valence-electron chi connectivity index (χ2n) is 9.97. The van der Waals surface area contributed by atoms with Crippen LogP contribution in [0.1, 0.15) is 45.0 Å². The number of aromatic nitrogens is 4. The third-order valence-electron chi connectivity index (χ3n) is 6.68. The van der Waals surface area contributed by atoms with Crippen LogP contribution in [0.5, 0.6) is 0 Å². The lowest BCUT2D eigenvalue weighted by Crippen LogP contribution is -2.50. The number of amides is 1. The highest BCUT2D eigenvalue weighted by Crippen LogP contribution is 2.37. The van der Waals surface area contributed by atoms with Gasteiger partial charge >= 0.3 is 0 Å². The number of H-pyrrole nitrogens is 1. The highest BCUT2D eigenvalue weighted by Gasteiger charge is 2.41. The van der Waals surface area contributed by atoms with Crippen LogP contribution in [-0.4, -0.2) is 70.9 Å². The number of fused-ring (bicyclic) bond motifs is 1. The lowest BCUT2D eigenvalue weighted by atomic mass is 10.1. The molecule has 15 heteroatoms. The van der Waals surface area contributed by atoms with E-state index >= 15 is 0 Å². The third kappa shape index (κ3) is 4.86. The molecule has 2 N–H and O–H groups in total. The van der Waals surface area contributed by atoms with Crippen LogP contribution in [0.25, 0.3) is 16.0 Å². The quantitative estimate of drug-likeness (QED) is 0.457. The van der Waals surface area contributed by atoms with Crippen LogP contribution in [0.4, 0.5) is 14.5 Å². The highest BCUT2D eigenvalue weighted by molar-refractivity contribution is 7.89. The summed E-state index contributed by atoms with van der Waals surface area (Å²) >= 11 is 0.601. The van der Waals surface area contributed by atoms with Crippen LogP contribution in [0.2, 0.25) is 0 Å². The largest absolute Gasteiger partial charge is 0.367 e. The van der Waals surface area contributed by atoms with E-state index in [0.29, 0.717) is 56.0 Å². The predicted molar refractivity (Wildman–Crippen MR) is 134 cm³/mol. The molecule has 1 saturated carbocycles. The smallest absolute Gasteiger partial charge is 0.291 e. The number of aromatic amines is 1. The summed E-state index contributed by atoms with van der Waals surface area (Å²) in [5.41, 5.74) is -0.485. The van der Waals surface area contributed by atoms with Gasteiger partial charge in [-0.05, 0) is 31.9 Å². The summed E-state index contributed by atoms with van der Waals surface area (Å²) in [6.45, 7) is 7.08. The fourth-order valence-corrected chi connectivity index (χ4v) is 6.56. The average molecular weight is 556 g/mol. The van der Waals surface area contributed by atoms with Crippen molar-refractivity contribution < 1.29 is 22.0 Å². The molecule has 0 radical (unpaired) electrons. The van der Waals surface area contributed by atoms with Crippen molar-refractivity contribution in [2.75, 3.05) is 31.1 Å². The monoisotopic (exact) mass is 555 g/mol. The molecule has 1 aliphatic heterocycles. The maximum atomic E-state index is 13.3. The zero-order valence-electron chi connectivity index (χ0n) is 20.5. The van der Waals surface area contributed by atoms with Crippen LogP contribution in [0.3, 0.4) is 0 Å². The van der Waals surface area contributed by atoms with Crippen LogP contribution < -0.4 is 15.2 Å². The number of nitrogens with one attached hydrogen (secondary N) is 2. The summed E-state index contributed by atoms with van der Waals surface area (Å²) in [5, 5.41) is 9.53. The molecule has 37 heavy (non-hydrogen) atoms. The number of benzene rings is 1. The Labute approximate surface area is 215 Å². The average Bonchev–Trinajstić information content (AvgIpc) is 3.23. The molecule has 0 atom stereocenters. The molecule has 2 aromatic heterocycles. The van der Waals surface area contributed by atoms with Crippen molar-refractivity contribution in [3.05, 3.63) is 27.5 Å². The number of carbonyl (C=O) groups excluding carboxylic acids is 1. The Kier molecular flexibility index (Phi) is 6.35. The summed E-state index contributed by atoms with van der Waals surface area (Å²) in [6, 6.07) is 2.80. The van der Waals surface area contributed by atoms with E-state index in [4.69, 9.17) is 0 Å². The first-order valence-electron chi connectivity index (χ1n) is 11.9. The van der Waals surface area contributed by atoms with Crippen LogP contribution >= 0.6 is 11.3 Å². The SMILES string of the molecule is CC(C)C(=O)N1CCN(c2cc(S(=O)(=O)NC3(C)CC3)cc3c2c(=O)[nH]n3-c2nnc(C(F)F)s2)CC1. The van der Waals surface area contributed by atoms with E-state index in [-0.39, 0.29) is 32.8 Å². The van der Waals surface area contributed by atoms with Crippen molar-refractivity contribution in [3.8, 4) is 5.13 Å². The third-order valence-corrected chi connectivity index (χ3v) is 9.21. The minimum atomic E-state index is -3.96. The minimum Gasteiger partial charge on any atom is -0.367 e. The van der Waals surface area contributed by atoms with Crippen molar-refractivity contribution in [1.82, 2.24) is 29.6 Å². The zero-order chi connectivity index (χ0) is 26.7. The molecule has 0 spiro atoms. The summed E-state index contributed by atoms with van der Waals surface area (Å²) in [5.74, 6) is -0.124. The molecule has 1 amide bonds. The number of halogens is 2. The molecule has 2 fully saturated rings. The van der Waals surface area contributed by atoms with Crippen molar-refractivity contribution in [3.63, 3.8) is 0 Å². The van der Waals surface area contributed by atoms with Gasteiger partial charge in [0.25, 0.3) is 12.0 Å². The fourth-order valence-electron chi connectivity index (χ4n) is 4.38. The van der Waals surface area contributed by atoms with E-state index in [1.54, 1.807) is 4.90 Å². The van der Waals surface area contributed by atoms with Crippen molar-refractivity contribution in [2.45, 2.75) is 50.5 Å². The first-order valence-corrected chi connectivity index (χ1v) is 14.2. The summed E-state index contributed by atoms with van der Waals surface area (Å²) in [6.07, 6.45) is -1.41. The Bertz CT molecular complexity index is 1520. The van der Waals surface area contributed by atoms with Crippen LogP contribution in [0.15, 0.2) is 21.8 Å². The van der Waals surface area contributed by atoms with E-state index in [2.05, 4.69) is 20.0 Å². The van der Waals surface area contributed by atoms with Gasteiger partial charge in [0, 0.05) is 37.6 Å². The zero-order valence-corrected chi connectivity index (χ0v) is 22.1. The van der Waals surface area contributed by atoms with Crippen molar-refractivity contribution in [1.29, 1.82) is 0 Å². The number of anilines is 1. The van der Waals surface area contributed by atoms with Crippen LogP contribution in [-0.2, 0) is 14.8 Å². The number of sulfonamides is 1. The van der Waals surface area contributed by atoms with Crippen LogP contribution in [0, 0.1) is 5.92 Å². The Morgan fingerprint density at radius 3 is 2.41 bits per heavy atom. The van der Waals surface area contributed by atoms with E-state index in [1.807, 2.05) is 25.7 Å². The van der Waals surface area contributed by atoms with Gasteiger partial charge < -0.3 is 9.80 Å². The van der Waals surface area contributed by atoms with Gasteiger partial charge in [-0.3, -0.25) is 14.7 Å². The first kappa shape index (κ1) is 25.7. The molecule has 200 valence electrons. The van der Waals surface area contributed by atoms with Gasteiger partial charge in [-0.15, -0.1) is 10.2 Å². The molecule has 3 heterocycles. The second-order valence-corrected chi connectivity index (χ2v) is 12.6. The molecule has 1 aliphatic carbocycles. The van der Waals surface area contributed by atoms with Gasteiger partial charge in [0.2, 0.25) is 21.1 Å². The number of rotatable bonds is 7. The molecule has 1 saturated heterocycles. The number of hydrogen-bond donors (Lipinski definition) is 2. The van der Waals surface area contributed by atoms with Gasteiger partial charge in [0.1, 0.15) is 0 Å². The lowest BCUT2D eigenvalue weighted by molar-refractivity contribution is -0.134. The maximum Gasteiger partial charge on any atom is 0.291 e. The second kappa shape index (κ2) is 9.13.